The van der Waals surface area contributed by atoms with Crippen LogP contribution in [0.4, 0.5) is 5.82 Å². The molecule has 1 aromatic heterocycles. The number of halogens is 2. The Hall–Kier alpha value is -2.50. The summed E-state index contributed by atoms with van der Waals surface area (Å²) in [7, 11) is 0. The minimum Gasteiger partial charge on any atom is -0.489 e. The summed E-state index contributed by atoms with van der Waals surface area (Å²) in [5.74, 6) is 0.756. The van der Waals surface area contributed by atoms with Crippen LogP contribution in [0.15, 0.2) is 49.1 Å². The van der Waals surface area contributed by atoms with E-state index in [1.54, 1.807) is 36.4 Å². The zero-order valence-electron chi connectivity index (χ0n) is 12.5. The number of aromatic amines is 1. The molecule has 0 aliphatic rings. The van der Waals surface area contributed by atoms with Gasteiger partial charge in [0.05, 0.1) is 5.52 Å². The molecule has 0 atom stereocenters. The molecule has 3 aromatic rings. The van der Waals surface area contributed by atoms with Crippen LogP contribution in [0.5, 0.6) is 5.75 Å². The molecule has 5 nitrogen and oxygen atoms in total. The average molecular weight is 362 g/mol. The number of hydrogen-bond donors (Lipinski definition) is 2. The lowest BCUT2D eigenvalue weighted by Gasteiger charge is -2.05. The lowest BCUT2D eigenvalue weighted by atomic mass is 10.2. The first-order valence-electron chi connectivity index (χ1n) is 7.06. The number of amides is 1. The number of aromatic nitrogens is 2. The second kappa shape index (κ2) is 6.95. The first kappa shape index (κ1) is 16.4. The third-order valence-electron chi connectivity index (χ3n) is 3.26. The Balaban J connectivity index is 1.84. The van der Waals surface area contributed by atoms with Gasteiger partial charge in [0.1, 0.15) is 12.4 Å². The minimum atomic E-state index is -0.347. The van der Waals surface area contributed by atoms with Crippen LogP contribution in [-0.4, -0.2) is 22.7 Å². The molecule has 24 heavy (non-hydrogen) atoms. The van der Waals surface area contributed by atoms with Gasteiger partial charge in [0.15, 0.2) is 5.82 Å². The van der Waals surface area contributed by atoms with E-state index in [9.17, 15) is 4.79 Å². The van der Waals surface area contributed by atoms with Crippen molar-refractivity contribution >= 4 is 45.8 Å². The largest absolute Gasteiger partial charge is 0.489 e. The number of rotatable bonds is 5. The standard InChI is InChI=1S/C17H13Cl2N3O2/c1-2-5-24-13-3-4-14-15(9-13)21-22-16(14)20-17(23)10-6-11(18)8-12(19)7-10/h2-4,6-9H,1,5H2,(H2,20,21,22,23). The molecule has 1 amide bonds. The van der Waals surface area contributed by atoms with Gasteiger partial charge in [-0.2, -0.15) is 5.10 Å². The van der Waals surface area contributed by atoms with E-state index in [4.69, 9.17) is 27.9 Å². The fraction of sp³-hybridized carbons (Fsp3) is 0.0588. The Morgan fingerprint density at radius 2 is 2.00 bits per heavy atom. The molecule has 0 aliphatic heterocycles. The van der Waals surface area contributed by atoms with Crippen LogP contribution in [0, 0.1) is 0 Å². The number of benzene rings is 2. The van der Waals surface area contributed by atoms with Gasteiger partial charge >= 0.3 is 0 Å². The summed E-state index contributed by atoms with van der Waals surface area (Å²) in [5, 5.41) is 11.3. The predicted octanol–water partition coefficient (Wildman–Crippen LogP) is 4.69. The highest BCUT2D eigenvalue weighted by atomic mass is 35.5. The Morgan fingerprint density at radius 3 is 2.71 bits per heavy atom. The number of nitrogens with one attached hydrogen (secondary N) is 2. The lowest BCUT2D eigenvalue weighted by Crippen LogP contribution is -2.12. The number of ether oxygens (including phenoxy) is 1. The van der Waals surface area contributed by atoms with Crippen molar-refractivity contribution in [3.8, 4) is 5.75 Å². The number of carbonyl (C=O) groups excluding carboxylic acids is 1. The van der Waals surface area contributed by atoms with E-state index in [-0.39, 0.29) is 5.91 Å². The second-order valence-corrected chi connectivity index (χ2v) is 5.86. The van der Waals surface area contributed by atoms with Gasteiger partial charge in [-0.05, 0) is 30.3 Å². The Bertz CT molecular complexity index is 901. The van der Waals surface area contributed by atoms with Gasteiger partial charge < -0.3 is 10.1 Å². The van der Waals surface area contributed by atoms with E-state index in [0.717, 1.165) is 10.9 Å². The number of fused-ring (bicyclic) bond motifs is 1. The fourth-order valence-electron chi connectivity index (χ4n) is 2.20. The molecule has 1 heterocycles. The molecule has 0 saturated heterocycles. The molecule has 0 unspecified atom stereocenters. The molecule has 0 radical (unpaired) electrons. The van der Waals surface area contributed by atoms with Crippen molar-refractivity contribution in [3.05, 3.63) is 64.7 Å². The van der Waals surface area contributed by atoms with Crippen LogP contribution in [-0.2, 0) is 0 Å². The first-order valence-corrected chi connectivity index (χ1v) is 7.81. The molecular formula is C17H13Cl2N3O2. The van der Waals surface area contributed by atoms with Crippen molar-refractivity contribution in [1.82, 2.24) is 10.2 Å². The topological polar surface area (TPSA) is 67.0 Å². The molecule has 0 spiro atoms. The molecular weight excluding hydrogens is 349 g/mol. The van der Waals surface area contributed by atoms with Crippen LogP contribution >= 0.6 is 23.2 Å². The summed E-state index contributed by atoms with van der Waals surface area (Å²) < 4.78 is 5.47. The van der Waals surface area contributed by atoms with E-state index in [2.05, 4.69) is 22.1 Å². The third kappa shape index (κ3) is 3.53. The third-order valence-corrected chi connectivity index (χ3v) is 3.70. The van der Waals surface area contributed by atoms with Gasteiger partial charge in [0, 0.05) is 27.1 Å². The van der Waals surface area contributed by atoms with Crippen LogP contribution < -0.4 is 10.1 Å². The SMILES string of the molecule is C=CCOc1ccc2c(NC(=O)c3cc(Cl)cc(Cl)c3)n[nH]c2c1. The summed E-state index contributed by atoms with van der Waals surface area (Å²) >= 11 is 11.8. The molecule has 2 aromatic carbocycles. The van der Waals surface area contributed by atoms with Crippen molar-refractivity contribution in [2.45, 2.75) is 0 Å². The van der Waals surface area contributed by atoms with Crippen molar-refractivity contribution in [2.24, 2.45) is 0 Å². The molecule has 122 valence electrons. The molecule has 0 aliphatic carbocycles. The minimum absolute atomic E-state index is 0.347. The Kier molecular flexibility index (Phi) is 4.74. The smallest absolute Gasteiger partial charge is 0.256 e. The van der Waals surface area contributed by atoms with E-state index < -0.39 is 0 Å². The molecule has 7 heteroatoms. The van der Waals surface area contributed by atoms with Gasteiger partial charge in [-0.3, -0.25) is 9.89 Å². The van der Waals surface area contributed by atoms with Crippen LogP contribution in [0.25, 0.3) is 10.9 Å². The fourth-order valence-corrected chi connectivity index (χ4v) is 2.73. The number of carbonyl (C=O) groups is 1. The Labute approximate surface area is 148 Å². The number of hydrogen-bond acceptors (Lipinski definition) is 3. The summed E-state index contributed by atoms with van der Waals surface area (Å²) in [6, 6.07) is 10.1. The monoisotopic (exact) mass is 361 g/mol. The lowest BCUT2D eigenvalue weighted by molar-refractivity contribution is 0.102. The highest BCUT2D eigenvalue weighted by Gasteiger charge is 2.13. The summed E-state index contributed by atoms with van der Waals surface area (Å²) in [6.45, 7) is 4.02. The maximum absolute atomic E-state index is 12.4. The van der Waals surface area contributed by atoms with E-state index >= 15 is 0 Å². The summed E-state index contributed by atoms with van der Waals surface area (Å²) in [4.78, 5) is 12.4. The van der Waals surface area contributed by atoms with Gasteiger partial charge in [-0.15, -0.1) is 0 Å². The van der Waals surface area contributed by atoms with Gasteiger partial charge in [0.25, 0.3) is 5.91 Å². The summed E-state index contributed by atoms with van der Waals surface area (Å²) in [6.07, 6.45) is 1.67. The van der Waals surface area contributed by atoms with E-state index in [0.29, 0.717) is 33.8 Å². The zero-order chi connectivity index (χ0) is 17.1. The quantitative estimate of drug-likeness (QED) is 0.648. The number of anilines is 1. The molecule has 2 N–H and O–H groups in total. The van der Waals surface area contributed by atoms with Crippen LogP contribution in [0.1, 0.15) is 10.4 Å². The molecule has 0 bridgehead atoms. The van der Waals surface area contributed by atoms with Crippen molar-refractivity contribution in [2.75, 3.05) is 11.9 Å². The Morgan fingerprint density at radius 1 is 1.25 bits per heavy atom. The maximum Gasteiger partial charge on any atom is 0.256 e. The van der Waals surface area contributed by atoms with Crippen LogP contribution in [0.3, 0.4) is 0 Å². The molecule has 3 rings (SSSR count). The van der Waals surface area contributed by atoms with Crippen molar-refractivity contribution in [3.63, 3.8) is 0 Å². The van der Waals surface area contributed by atoms with E-state index in [1.807, 2.05) is 6.07 Å². The average Bonchev–Trinajstić information content (AvgIpc) is 2.94. The van der Waals surface area contributed by atoms with Crippen LogP contribution in [0.2, 0.25) is 10.0 Å². The highest BCUT2D eigenvalue weighted by Crippen LogP contribution is 2.26. The summed E-state index contributed by atoms with van der Waals surface area (Å²) in [5.41, 5.74) is 1.10. The number of H-pyrrole nitrogens is 1. The highest BCUT2D eigenvalue weighted by molar-refractivity contribution is 6.35. The van der Waals surface area contributed by atoms with Gasteiger partial charge in [-0.1, -0.05) is 35.9 Å². The molecule has 0 saturated carbocycles. The normalized spacial score (nSPS) is 10.6. The number of nitrogens with zero attached hydrogens (tertiary/aromatic N) is 1. The van der Waals surface area contributed by atoms with Gasteiger partial charge in [-0.25, -0.2) is 0 Å². The van der Waals surface area contributed by atoms with Gasteiger partial charge in [0.2, 0.25) is 0 Å². The van der Waals surface area contributed by atoms with Crippen molar-refractivity contribution in [1.29, 1.82) is 0 Å². The maximum atomic E-state index is 12.4. The second-order valence-electron chi connectivity index (χ2n) is 4.99. The zero-order valence-corrected chi connectivity index (χ0v) is 14.0. The first-order chi connectivity index (χ1) is 11.6. The predicted molar refractivity (Wildman–Crippen MR) is 96.2 cm³/mol. The van der Waals surface area contributed by atoms with E-state index in [1.165, 1.54) is 0 Å². The molecule has 0 fully saturated rings. The van der Waals surface area contributed by atoms with Crippen molar-refractivity contribution < 1.29 is 9.53 Å².